The molecule has 0 radical (unpaired) electrons. The lowest BCUT2D eigenvalue weighted by Crippen LogP contribution is -2.28. The number of Topliss-reactive ketones (excluding diaryl/α,β-unsaturated/α-hetero) is 1. The number of carbonyl (C=O) groups excluding carboxylic acids is 2. The van der Waals surface area contributed by atoms with Gasteiger partial charge in [0.2, 0.25) is 0 Å². The van der Waals surface area contributed by atoms with E-state index in [4.69, 9.17) is 16.3 Å². The first-order valence-corrected chi connectivity index (χ1v) is 10.8. The summed E-state index contributed by atoms with van der Waals surface area (Å²) in [5.41, 5.74) is 2.63. The molecular weight excluding hydrogens is 386 g/mol. The van der Waals surface area contributed by atoms with E-state index in [2.05, 4.69) is 17.4 Å². The molecule has 2 aromatic carbocycles. The van der Waals surface area contributed by atoms with Crippen molar-refractivity contribution in [2.24, 2.45) is 5.92 Å². The number of benzene rings is 2. The number of carbonyl (C=O) groups is 2. The van der Waals surface area contributed by atoms with Crippen molar-refractivity contribution in [2.75, 3.05) is 13.1 Å². The topological polar surface area (TPSA) is 55.4 Å². The SMILES string of the molecule is O=C1OC2(CCNC2)c2cccc(C(=O)C3CCC(c4ccc(Cl)cc4)CC3)c21. The van der Waals surface area contributed by atoms with Gasteiger partial charge < -0.3 is 10.1 Å². The molecule has 1 N–H and O–H groups in total. The number of hydrogen-bond donors (Lipinski definition) is 1. The predicted molar refractivity (Wildman–Crippen MR) is 112 cm³/mol. The van der Waals surface area contributed by atoms with Gasteiger partial charge in [0.15, 0.2) is 11.4 Å². The number of hydrogen-bond acceptors (Lipinski definition) is 4. The van der Waals surface area contributed by atoms with Crippen molar-refractivity contribution < 1.29 is 14.3 Å². The fraction of sp³-hybridized carbons (Fsp3) is 0.417. The summed E-state index contributed by atoms with van der Waals surface area (Å²) in [4.78, 5) is 26.0. The number of rotatable bonds is 3. The van der Waals surface area contributed by atoms with E-state index >= 15 is 0 Å². The van der Waals surface area contributed by atoms with Crippen LogP contribution in [0.5, 0.6) is 0 Å². The number of fused-ring (bicyclic) bond motifs is 2. The fourth-order valence-corrected chi connectivity index (χ4v) is 5.40. The highest BCUT2D eigenvalue weighted by Crippen LogP contribution is 2.44. The molecule has 2 heterocycles. The zero-order valence-electron chi connectivity index (χ0n) is 16.2. The molecule has 0 amide bonds. The predicted octanol–water partition coefficient (Wildman–Crippen LogP) is 4.86. The van der Waals surface area contributed by atoms with Gasteiger partial charge in [0.05, 0.1) is 5.56 Å². The van der Waals surface area contributed by atoms with Gasteiger partial charge in [-0.15, -0.1) is 0 Å². The number of halogens is 1. The summed E-state index contributed by atoms with van der Waals surface area (Å²) in [6, 6.07) is 13.7. The van der Waals surface area contributed by atoms with Gasteiger partial charge in [-0.1, -0.05) is 41.9 Å². The van der Waals surface area contributed by atoms with Crippen molar-refractivity contribution in [1.29, 1.82) is 0 Å². The maximum Gasteiger partial charge on any atom is 0.340 e. The lowest BCUT2D eigenvalue weighted by Gasteiger charge is -2.28. The molecule has 2 fully saturated rings. The molecule has 2 aromatic rings. The first-order valence-electron chi connectivity index (χ1n) is 10.4. The van der Waals surface area contributed by atoms with Crippen LogP contribution < -0.4 is 5.32 Å². The Morgan fingerprint density at radius 2 is 1.83 bits per heavy atom. The Morgan fingerprint density at radius 1 is 1.07 bits per heavy atom. The molecule has 1 unspecified atom stereocenters. The van der Waals surface area contributed by atoms with E-state index in [1.807, 2.05) is 24.3 Å². The molecule has 1 saturated carbocycles. The highest BCUT2D eigenvalue weighted by atomic mass is 35.5. The summed E-state index contributed by atoms with van der Waals surface area (Å²) >= 11 is 6.00. The van der Waals surface area contributed by atoms with Crippen LogP contribution in [0.4, 0.5) is 0 Å². The third kappa shape index (κ3) is 3.19. The summed E-state index contributed by atoms with van der Waals surface area (Å²) < 4.78 is 5.78. The van der Waals surface area contributed by atoms with Crippen molar-refractivity contribution in [3.63, 3.8) is 0 Å². The third-order valence-corrected chi connectivity index (χ3v) is 7.12. The first kappa shape index (κ1) is 18.8. The first-order chi connectivity index (χ1) is 14.1. The second kappa shape index (κ2) is 7.26. The van der Waals surface area contributed by atoms with Gasteiger partial charge in [0.1, 0.15) is 0 Å². The van der Waals surface area contributed by atoms with E-state index in [0.717, 1.165) is 49.2 Å². The molecule has 1 saturated heterocycles. The molecule has 1 spiro atoms. The molecule has 3 aliphatic rings. The van der Waals surface area contributed by atoms with E-state index < -0.39 is 5.60 Å². The number of ether oxygens (including phenoxy) is 1. The van der Waals surface area contributed by atoms with Gasteiger partial charge in [-0.2, -0.15) is 0 Å². The van der Waals surface area contributed by atoms with Crippen LogP contribution in [0, 0.1) is 5.92 Å². The van der Waals surface area contributed by atoms with Gasteiger partial charge in [0.25, 0.3) is 0 Å². The maximum absolute atomic E-state index is 13.4. The van der Waals surface area contributed by atoms with Crippen LogP contribution in [-0.2, 0) is 10.3 Å². The summed E-state index contributed by atoms with van der Waals surface area (Å²) in [5.74, 6) is 0.186. The Kier molecular flexibility index (Phi) is 4.72. The summed E-state index contributed by atoms with van der Waals surface area (Å²) in [5, 5.41) is 4.03. The number of ketones is 1. The van der Waals surface area contributed by atoms with Crippen molar-refractivity contribution >= 4 is 23.4 Å². The molecule has 5 heteroatoms. The Hall–Kier alpha value is -2.17. The van der Waals surface area contributed by atoms with Crippen LogP contribution in [-0.4, -0.2) is 24.8 Å². The fourth-order valence-electron chi connectivity index (χ4n) is 5.27. The zero-order valence-corrected chi connectivity index (χ0v) is 17.0. The number of esters is 1. The molecule has 0 aromatic heterocycles. The van der Waals surface area contributed by atoms with Crippen LogP contribution >= 0.6 is 11.6 Å². The van der Waals surface area contributed by atoms with Crippen molar-refractivity contribution in [1.82, 2.24) is 5.32 Å². The summed E-state index contributed by atoms with van der Waals surface area (Å²) in [6.45, 7) is 1.44. The van der Waals surface area contributed by atoms with Crippen LogP contribution in [0.25, 0.3) is 0 Å². The molecule has 150 valence electrons. The summed E-state index contributed by atoms with van der Waals surface area (Å²) in [7, 11) is 0. The minimum atomic E-state index is -0.588. The normalized spacial score (nSPS) is 28.4. The van der Waals surface area contributed by atoms with Crippen LogP contribution in [0.3, 0.4) is 0 Å². The van der Waals surface area contributed by atoms with Crippen LogP contribution in [0.2, 0.25) is 5.02 Å². The molecule has 4 nitrogen and oxygen atoms in total. The lowest BCUT2D eigenvalue weighted by molar-refractivity contribution is 0.00157. The van der Waals surface area contributed by atoms with E-state index in [1.165, 1.54) is 5.56 Å². The lowest BCUT2D eigenvalue weighted by atomic mass is 9.75. The zero-order chi connectivity index (χ0) is 20.0. The molecule has 1 aliphatic carbocycles. The second-order valence-electron chi connectivity index (χ2n) is 8.50. The molecule has 29 heavy (non-hydrogen) atoms. The van der Waals surface area contributed by atoms with Crippen molar-refractivity contribution in [3.05, 3.63) is 69.7 Å². The van der Waals surface area contributed by atoms with Crippen molar-refractivity contribution in [2.45, 2.75) is 43.6 Å². The molecule has 1 atom stereocenters. The quantitative estimate of drug-likeness (QED) is 0.581. The van der Waals surface area contributed by atoms with E-state index in [-0.39, 0.29) is 17.7 Å². The average molecular weight is 410 g/mol. The Labute approximate surface area is 175 Å². The minimum Gasteiger partial charge on any atom is -0.449 e. The Bertz CT molecular complexity index is 955. The average Bonchev–Trinajstić information content (AvgIpc) is 3.33. The minimum absolute atomic E-state index is 0.0314. The smallest absolute Gasteiger partial charge is 0.340 e. The van der Waals surface area contributed by atoms with Gasteiger partial charge >= 0.3 is 5.97 Å². The Morgan fingerprint density at radius 3 is 2.52 bits per heavy atom. The van der Waals surface area contributed by atoms with Crippen molar-refractivity contribution in [3.8, 4) is 0 Å². The molecular formula is C24H24ClNO3. The second-order valence-corrected chi connectivity index (χ2v) is 8.94. The van der Waals surface area contributed by atoms with Gasteiger partial charge in [-0.3, -0.25) is 4.79 Å². The van der Waals surface area contributed by atoms with Gasteiger partial charge in [0, 0.05) is 35.0 Å². The summed E-state index contributed by atoms with van der Waals surface area (Å²) in [6.07, 6.45) is 4.40. The number of nitrogens with one attached hydrogen (secondary N) is 1. The van der Waals surface area contributed by atoms with E-state index in [1.54, 1.807) is 6.07 Å². The highest BCUT2D eigenvalue weighted by molar-refractivity contribution is 6.30. The monoisotopic (exact) mass is 409 g/mol. The van der Waals surface area contributed by atoms with Gasteiger partial charge in [-0.05, 0) is 55.8 Å². The molecule has 2 aliphatic heterocycles. The van der Waals surface area contributed by atoms with E-state index in [0.29, 0.717) is 23.6 Å². The van der Waals surface area contributed by atoms with E-state index in [9.17, 15) is 9.59 Å². The molecule has 5 rings (SSSR count). The van der Waals surface area contributed by atoms with Crippen LogP contribution in [0.1, 0.15) is 69.9 Å². The van der Waals surface area contributed by atoms with Crippen LogP contribution in [0.15, 0.2) is 42.5 Å². The third-order valence-electron chi connectivity index (χ3n) is 6.87. The largest absolute Gasteiger partial charge is 0.449 e. The standard InChI is InChI=1S/C24H24ClNO3/c25-18-10-8-16(9-11-18)15-4-6-17(7-5-15)22(27)19-2-1-3-20-21(19)23(28)29-24(20)12-13-26-14-24/h1-3,8-11,15,17,26H,4-7,12-14H2. The highest BCUT2D eigenvalue weighted by Gasteiger charge is 2.49. The van der Waals surface area contributed by atoms with Gasteiger partial charge in [-0.25, -0.2) is 4.79 Å². The maximum atomic E-state index is 13.4. The molecule has 0 bridgehead atoms. The Balaban J connectivity index is 1.35.